The summed E-state index contributed by atoms with van der Waals surface area (Å²) in [4.78, 5) is 0. The molecule has 0 aliphatic heterocycles. The van der Waals surface area contributed by atoms with Crippen LogP contribution < -0.4 is 0 Å². The van der Waals surface area contributed by atoms with Crippen LogP contribution in [0.5, 0.6) is 0 Å². The van der Waals surface area contributed by atoms with Crippen molar-refractivity contribution >= 4 is 8.32 Å². The first-order valence-corrected chi connectivity index (χ1v) is 9.52. The number of nitrogens with zero attached hydrogens (tertiary/aromatic N) is 1. The summed E-state index contributed by atoms with van der Waals surface area (Å²) in [6.07, 6.45) is 1.89. The Balaban J connectivity index is 2.30. The highest BCUT2D eigenvalue weighted by atomic mass is 28.4. The molecule has 3 heteroatoms. The van der Waals surface area contributed by atoms with E-state index < -0.39 is 8.32 Å². The van der Waals surface area contributed by atoms with Crippen LogP contribution in [-0.4, -0.2) is 8.32 Å². The maximum atomic E-state index is 9.37. The Morgan fingerprint density at radius 3 is 2.24 bits per heavy atom. The van der Waals surface area contributed by atoms with E-state index in [1.54, 1.807) is 0 Å². The maximum Gasteiger partial charge on any atom is 0.184 e. The normalized spacial score (nSPS) is 19.4. The molecule has 0 heterocycles. The Morgan fingerprint density at radius 1 is 1.24 bits per heavy atom. The van der Waals surface area contributed by atoms with E-state index in [1.165, 1.54) is 0 Å². The molecule has 2 rings (SSSR count). The van der Waals surface area contributed by atoms with Crippen molar-refractivity contribution in [2.75, 3.05) is 0 Å². The van der Waals surface area contributed by atoms with Crippen molar-refractivity contribution in [2.45, 2.75) is 38.6 Å². The fraction of sp³-hybridized carbons (Fsp3) is 0.500. The fourth-order valence-corrected chi connectivity index (χ4v) is 3.12. The van der Waals surface area contributed by atoms with Gasteiger partial charge in [-0.05, 0) is 38.0 Å². The minimum atomic E-state index is -1.64. The zero-order valence-corrected chi connectivity index (χ0v) is 11.7. The van der Waals surface area contributed by atoms with E-state index in [0.29, 0.717) is 0 Å². The second-order valence-electron chi connectivity index (χ2n) is 5.79. The van der Waals surface area contributed by atoms with Gasteiger partial charge in [-0.25, -0.2) is 0 Å². The van der Waals surface area contributed by atoms with Crippen LogP contribution in [0.25, 0.3) is 0 Å². The molecule has 1 saturated carbocycles. The molecular weight excluding hydrogens is 226 g/mol. The highest BCUT2D eigenvalue weighted by molar-refractivity contribution is 6.69. The number of rotatable bonds is 4. The van der Waals surface area contributed by atoms with Crippen molar-refractivity contribution in [3.8, 4) is 6.07 Å². The quantitative estimate of drug-likeness (QED) is 0.754. The summed E-state index contributed by atoms with van der Waals surface area (Å²) in [5.41, 5.74) is 0.885. The van der Waals surface area contributed by atoms with Crippen LogP contribution in [0, 0.1) is 16.7 Å². The summed E-state index contributed by atoms with van der Waals surface area (Å²) in [6, 6.07) is 12.6. The Kier molecular flexibility index (Phi) is 3.11. The van der Waals surface area contributed by atoms with Crippen LogP contribution in [0.2, 0.25) is 19.6 Å². The van der Waals surface area contributed by atoms with Crippen molar-refractivity contribution in [3.05, 3.63) is 35.9 Å². The van der Waals surface area contributed by atoms with E-state index >= 15 is 0 Å². The third-order valence-corrected chi connectivity index (χ3v) is 4.03. The molecule has 0 saturated heterocycles. The molecule has 0 spiro atoms. The number of benzene rings is 1. The smallest absolute Gasteiger partial charge is 0.184 e. The summed E-state index contributed by atoms with van der Waals surface area (Å²) >= 11 is 0. The molecule has 1 aliphatic carbocycles. The molecule has 0 bridgehead atoms. The van der Waals surface area contributed by atoms with Gasteiger partial charge in [0.15, 0.2) is 8.32 Å². The summed E-state index contributed by atoms with van der Waals surface area (Å²) in [7, 11) is -1.64. The molecule has 0 N–H and O–H groups in total. The average Bonchev–Trinajstić information content (AvgIpc) is 3.07. The van der Waals surface area contributed by atoms with Gasteiger partial charge in [0.2, 0.25) is 0 Å². The number of nitriles is 1. The van der Waals surface area contributed by atoms with Gasteiger partial charge in [0.25, 0.3) is 0 Å². The van der Waals surface area contributed by atoms with E-state index in [9.17, 15) is 5.26 Å². The van der Waals surface area contributed by atoms with E-state index in [2.05, 4.69) is 37.8 Å². The van der Waals surface area contributed by atoms with Crippen LogP contribution >= 0.6 is 0 Å². The standard InChI is InChI=1S/C14H19NOSi/c1-17(2,3)16-13(14(11-15)9-10-14)12-7-5-4-6-8-12/h4-8,13H,9-10H2,1-3H3. The predicted octanol–water partition coefficient (Wildman–Crippen LogP) is 3.88. The molecule has 17 heavy (non-hydrogen) atoms. The monoisotopic (exact) mass is 245 g/mol. The zero-order chi connectivity index (χ0) is 12.5. The Labute approximate surface area is 104 Å². The lowest BCUT2D eigenvalue weighted by Gasteiger charge is -2.30. The molecular formula is C14H19NOSi. The maximum absolute atomic E-state index is 9.37. The molecule has 1 aromatic rings. The number of hydrogen-bond donors (Lipinski definition) is 0. The lowest BCUT2D eigenvalue weighted by atomic mass is 9.94. The van der Waals surface area contributed by atoms with Crippen molar-refractivity contribution in [3.63, 3.8) is 0 Å². The first-order valence-electron chi connectivity index (χ1n) is 6.11. The lowest BCUT2D eigenvalue weighted by molar-refractivity contribution is 0.142. The first kappa shape index (κ1) is 12.3. The summed E-state index contributed by atoms with van der Waals surface area (Å²) in [5, 5.41) is 9.37. The SMILES string of the molecule is C[Si](C)(C)OC(c1ccccc1)C1(C#N)CC1. The second-order valence-corrected chi connectivity index (χ2v) is 10.2. The molecule has 1 aromatic carbocycles. The van der Waals surface area contributed by atoms with Gasteiger partial charge in [0.05, 0.1) is 17.6 Å². The predicted molar refractivity (Wildman–Crippen MR) is 70.9 cm³/mol. The Bertz CT molecular complexity index is 426. The highest BCUT2D eigenvalue weighted by Crippen LogP contribution is 2.56. The molecule has 1 atom stereocenters. The van der Waals surface area contributed by atoms with Crippen LogP contribution in [-0.2, 0) is 4.43 Å². The largest absolute Gasteiger partial charge is 0.409 e. The van der Waals surface area contributed by atoms with Crippen molar-refractivity contribution < 1.29 is 4.43 Å². The van der Waals surface area contributed by atoms with Crippen LogP contribution in [0.3, 0.4) is 0 Å². The first-order chi connectivity index (χ1) is 7.97. The third kappa shape index (κ3) is 2.77. The van der Waals surface area contributed by atoms with Crippen molar-refractivity contribution in [2.24, 2.45) is 5.41 Å². The van der Waals surface area contributed by atoms with Gasteiger partial charge in [-0.15, -0.1) is 0 Å². The molecule has 2 nitrogen and oxygen atoms in total. The topological polar surface area (TPSA) is 33.0 Å². The molecule has 1 aliphatic rings. The molecule has 90 valence electrons. The molecule has 1 unspecified atom stereocenters. The highest BCUT2D eigenvalue weighted by Gasteiger charge is 2.52. The fourth-order valence-electron chi connectivity index (χ4n) is 2.05. The van der Waals surface area contributed by atoms with Gasteiger partial charge < -0.3 is 4.43 Å². The van der Waals surface area contributed by atoms with Crippen molar-refractivity contribution in [1.82, 2.24) is 0 Å². The van der Waals surface area contributed by atoms with Crippen LogP contribution in [0.15, 0.2) is 30.3 Å². The van der Waals surface area contributed by atoms with E-state index in [4.69, 9.17) is 4.43 Å². The molecule has 0 aromatic heterocycles. The summed E-state index contributed by atoms with van der Waals surface area (Å²) in [5.74, 6) is 0. The van der Waals surface area contributed by atoms with E-state index in [1.807, 2.05) is 18.2 Å². The summed E-state index contributed by atoms with van der Waals surface area (Å²) in [6.45, 7) is 6.53. The van der Waals surface area contributed by atoms with Gasteiger partial charge in [-0.2, -0.15) is 5.26 Å². The van der Waals surface area contributed by atoms with Crippen molar-refractivity contribution in [1.29, 1.82) is 5.26 Å². The van der Waals surface area contributed by atoms with Gasteiger partial charge in [-0.1, -0.05) is 30.3 Å². The second kappa shape index (κ2) is 4.28. The molecule has 0 amide bonds. The minimum absolute atomic E-state index is 0.0413. The van der Waals surface area contributed by atoms with E-state index in [-0.39, 0.29) is 11.5 Å². The number of hydrogen-bond acceptors (Lipinski definition) is 2. The van der Waals surface area contributed by atoms with E-state index in [0.717, 1.165) is 18.4 Å². The third-order valence-electron chi connectivity index (χ3n) is 3.09. The van der Waals surface area contributed by atoms with Gasteiger partial charge in [-0.3, -0.25) is 0 Å². The minimum Gasteiger partial charge on any atom is -0.409 e. The molecule has 1 fully saturated rings. The average molecular weight is 245 g/mol. The van der Waals surface area contributed by atoms with Gasteiger partial charge in [0, 0.05) is 0 Å². The van der Waals surface area contributed by atoms with Gasteiger partial charge >= 0.3 is 0 Å². The lowest BCUT2D eigenvalue weighted by Crippen LogP contribution is -2.31. The Hall–Kier alpha value is -1.11. The van der Waals surface area contributed by atoms with Gasteiger partial charge in [0.1, 0.15) is 0 Å². The Morgan fingerprint density at radius 2 is 1.82 bits per heavy atom. The summed E-state index contributed by atoms with van der Waals surface area (Å²) < 4.78 is 6.26. The molecule has 0 radical (unpaired) electrons. The van der Waals surface area contributed by atoms with Crippen LogP contribution in [0.1, 0.15) is 24.5 Å². The van der Waals surface area contributed by atoms with Crippen LogP contribution in [0.4, 0.5) is 0 Å². The zero-order valence-electron chi connectivity index (χ0n) is 10.7.